The van der Waals surface area contributed by atoms with Crippen LogP contribution in [-0.2, 0) is 6.54 Å². The molecule has 0 spiro atoms. The van der Waals surface area contributed by atoms with Crippen LogP contribution in [0, 0.1) is 15.9 Å². The molecule has 0 amide bonds. The molecule has 106 valence electrons. The number of alkyl halides is 3. The Morgan fingerprint density at radius 2 is 2.05 bits per heavy atom. The Morgan fingerprint density at radius 1 is 1.35 bits per heavy atom. The average molecular weight is 289 g/mol. The molecule has 0 aliphatic heterocycles. The lowest BCUT2D eigenvalue weighted by Crippen LogP contribution is -2.17. The van der Waals surface area contributed by atoms with Gasteiger partial charge in [-0.05, 0) is 12.1 Å². The maximum atomic E-state index is 13.1. The van der Waals surface area contributed by atoms with Crippen LogP contribution in [0.15, 0.2) is 30.6 Å². The van der Waals surface area contributed by atoms with Gasteiger partial charge in [0.05, 0.1) is 16.7 Å². The van der Waals surface area contributed by atoms with Gasteiger partial charge in [-0.2, -0.15) is 18.3 Å². The summed E-state index contributed by atoms with van der Waals surface area (Å²) in [5.41, 5.74) is -0.484. The smallest absolute Gasteiger partial charge is 0.263 e. The van der Waals surface area contributed by atoms with Gasteiger partial charge in [0.15, 0.2) is 0 Å². The molecule has 0 radical (unpaired) electrons. The molecule has 0 fully saturated rings. The number of halogens is 4. The van der Waals surface area contributed by atoms with Gasteiger partial charge in [0.1, 0.15) is 12.4 Å². The van der Waals surface area contributed by atoms with Gasteiger partial charge < -0.3 is 0 Å². The molecule has 9 heteroatoms. The molecule has 0 aliphatic carbocycles. The van der Waals surface area contributed by atoms with Gasteiger partial charge in [0.25, 0.3) is 5.69 Å². The van der Waals surface area contributed by atoms with E-state index in [1.165, 1.54) is 0 Å². The first-order chi connectivity index (χ1) is 9.26. The van der Waals surface area contributed by atoms with Gasteiger partial charge >= 0.3 is 6.18 Å². The molecule has 1 heterocycles. The number of hydrogen-bond donors (Lipinski definition) is 0. The van der Waals surface area contributed by atoms with Crippen LogP contribution >= 0.6 is 0 Å². The molecule has 20 heavy (non-hydrogen) atoms. The zero-order chi connectivity index (χ0) is 14.9. The summed E-state index contributed by atoms with van der Waals surface area (Å²) in [6.07, 6.45) is -2.46. The molecule has 1 aromatic heterocycles. The Kier molecular flexibility index (Phi) is 3.43. The van der Waals surface area contributed by atoms with Crippen LogP contribution in [0.3, 0.4) is 0 Å². The van der Waals surface area contributed by atoms with E-state index < -0.39 is 29.1 Å². The summed E-state index contributed by atoms with van der Waals surface area (Å²) in [5.74, 6) is -0.728. The molecular formula is C11H7F4N3O2. The highest BCUT2D eigenvalue weighted by molar-refractivity contribution is 5.72. The Bertz CT molecular complexity index is 651. The van der Waals surface area contributed by atoms with Crippen LogP contribution in [0.1, 0.15) is 0 Å². The van der Waals surface area contributed by atoms with Crippen LogP contribution in [0.4, 0.5) is 23.2 Å². The second-order valence-electron chi connectivity index (χ2n) is 3.96. The normalized spacial score (nSPS) is 11.6. The van der Waals surface area contributed by atoms with Crippen molar-refractivity contribution in [2.75, 3.05) is 0 Å². The Balaban J connectivity index is 2.42. The van der Waals surface area contributed by atoms with Crippen molar-refractivity contribution >= 4 is 5.69 Å². The molecule has 0 saturated carbocycles. The number of nitro benzene ring substituents is 1. The predicted molar refractivity (Wildman–Crippen MR) is 60.3 cm³/mol. The van der Waals surface area contributed by atoms with Crippen LogP contribution in [0.5, 0.6) is 0 Å². The van der Waals surface area contributed by atoms with Crippen LogP contribution in [0.2, 0.25) is 0 Å². The highest BCUT2D eigenvalue weighted by atomic mass is 19.4. The minimum atomic E-state index is -4.46. The zero-order valence-corrected chi connectivity index (χ0v) is 9.76. The summed E-state index contributed by atoms with van der Waals surface area (Å²) in [6, 6.07) is 2.74. The molecule has 0 N–H and O–H groups in total. The van der Waals surface area contributed by atoms with Gasteiger partial charge in [0, 0.05) is 17.8 Å². The van der Waals surface area contributed by atoms with Crippen molar-refractivity contribution in [2.24, 2.45) is 0 Å². The molecule has 2 aromatic rings. The van der Waals surface area contributed by atoms with Crippen molar-refractivity contribution in [2.45, 2.75) is 12.7 Å². The van der Waals surface area contributed by atoms with E-state index in [0.29, 0.717) is 4.68 Å². The summed E-state index contributed by atoms with van der Waals surface area (Å²) in [7, 11) is 0. The first-order valence-electron chi connectivity index (χ1n) is 5.30. The topological polar surface area (TPSA) is 61.0 Å². The Labute approximate surface area is 109 Å². The van der Waals surface area contributed by atoms with E-state index in [2.05, 4.69) is 5.10 Å². The van der Waals surface area contributed by atoms with Crippen LogP contribution in [0.25, 0.3) is 11.1 Å². The third kappa shape index (κ3) is 3.11. The first-order valence-corrected chi connectivity index (χ1v) is 5.30. The Morgan fingerprint density at radius 3 is 2.65 bits per heavy atom. The summed E-state index contributed by atoms with van der Waals surface area (Å²) in [5, 5.41) is 14.3. The number of aromatic nitrogens is 2. The van der Waals surface area contributed by atoms with E-state index in [4.69, 9.17) is 0 Å². The molecule has 5 nitrogen and oxygen atoms in total. The third-order valence-electron chi connectivity index (χ3n) is 2.44. The molecule has 0 unspecified atom stereocenters. The van der Waals surface area contributed by atoms with E-state index >= 15 is 0 Å². The lowest BCUT2D eigenvalue weighted by molar-refractivity contribution is -0.384. The summed E-state index contributed by atoms with van der Waals surface area (Å²) >= 11 is 0. The SMILES string of the molecule is O=[N+]([O-])c1ccc(F)cc1-c1cnn(CC(F)(F)F)c1. The van der Waals surface area contributed by atoms with Gasteiger partial charge in [-0.3, -0.25) is 14.8 Å². The average Bonchev–Trinajstić information content (AvgIpc) is 2.74. The Hall–Kier alpha value is -2.45. The van der Waals surface area contributed by atoms with Gasteiger partial charge in [-0.25, -0.2) is 4.39 Å². The molecule has 0 atom stereocenters. The number of hydrogen-bond acceptors (Lipinski definition) is 3. The minimum absolute atomic E-state index is 0.0421. The third-order valence-corrected chi connectivity index (χ3v) is 2.44. The van der Waals surface area contributed by atoms with Crippen molar-refractivity contribution in [1.82, 2.24) is 9.78 Å². The summed E-state index contributed by atoms with van der Waals surface area (Å²) < 4.78 is 50.3. The second-order valence-corrected chi connectivity index (χ2v) is 3.96. The van der Waals surface area contributed by atoms with E-state index in [-0.39, 0.29) is 11.1 Å². The first kappa shape index (κ1) is 14.0. The maximum absolute atomic E-state index is 13.1. The molecule has 0 saturated heterocycles. The van der Waals surface area contributed by atoms with Gasteiger partial charge in [-0.15, -0.1) is 0 Å². The number of nitrogens with zero attached hydrogens (tertiary/aromatic N) is 3. The number of benzene rings is 1. The van der Waals surface area contributed by atoms with E-state index in [9.17, 15) is 27.7 Å². The molecule has 0 bridgehead atoms. The largest absolute Gasteiger partial charge is 0.408 e. The standard InChI is InChI=1S/C11H7F4N3O2/c12-8-1-2-10(18(19)20)9(3-8)7-4-16-17(5-7)6-11(13,14)15/h1-5H,6H2. The molecular weight excluding hydrogens is 282 g/mol. The lowest BCUT2D eigenvalue weighted by Gasteiger charge is -2.05. The quantitative estimate of drug-likeness (QED) is 0.495. The lowest BCUT2D eigenvalue weighted by atomic mass is 10.1. The second kappa shape index (κ2) is 4.91. The van der Waals surface area contributed by atoms with Crippen LogP contribution < -0.4 is 0 Å². The predicted octanol–water partition coefficient (Wildman–Crippen LogP) is 3.16. The number of rotatable bonds is 3. The highest BCUT2D eigenvalue weighted by Crippen LogP contribution is 2.30. The van der Waals surface area contributed by atoms with Crippen LogP contribution in [-0.4, -0.2) is 20.9 Å². The number of nitro groups is 1. The highest BCUT2D eigenvalue weighted by Gasteiger charge is 2.28. The summed E-state index contributed by atoms with van der Waals surface area (Å²) in [6.45, 7) is -1.32. The molecule has 2 rings (SSSR count). The monoisotopic (exact) mass is 289 g/mol. The molecule has 1 aromatic carbocycles. The fourth-order valence-electron chi connectivity index (χ4n) is 1.67. The minimum Gasteiger partial charge on any atom is -0.263 e. The van der Waals surface area contributed by atoms with Crippen molar-refractivity contribution in [3.8, 4) is 11.1 Å². The zero-order valence-electron chi connectivity index (χ0n) is 9.76. The van der Waals surface area contributed by atoms with Crippen molar-refractivity contribution in [1.29, 1.82) is 0 Å². The van der Waals surface area contributed by atoms with Gasteiger partial charge in [-0.1, -0.05) is 0 Å². The van der Waals surface area contributed by atoms with E-state index in [1.807, 2.05) is 0 Å². The van der Waals surface area contributed by atoms with E-state index in [0.717, 1.165) is 30.6 Å². The molecule has 0 aliphatic rings. The fourth-order valence-corrected chi connectivity index (χ4v) is 1.67. The van der Waals surface area contributed by atoms with Crippen molar-refractivity contribution in [3.63, 3.8) is 0 Å². The van der Waals surface area contributed by atoms with E-state index in [1.54, 1.807) is 0 Å². The van der Waals surface area contributed by atoms with Crippen molar-refractivity contribution < 1.29 is 22.5 Å². The summed E-state index contributed by atoms with van der Waals surface area (Å²) in [4.78, 5) is 10.1. The van der Waals surface area contributed by atoms with Gasteiger partial charge in [0.2, 0.25) is 0 Å². The van der Waals surface area contributed by atoms with Crippen molar-refractivity contribution in [3.05, 3.63) is 46.5 Å². The fraction of sp³-hybridized carbons (Fsp3) is 0.182. The maximum Gasteiger partial charge on any atom is 0.408 e.